The molecule has 0 radical (unpaired) electrons. The maximum Gasteiger partial charge on any atom is 0.417 e. The Kier molecular flexibility index (Phi) is 4.23. The van der Waals surface area contributed by atoms with E-state index < -0.39 is 17.6 Å². The van der Waals surface area contributed by atoms with Crippen molar-refractivity contribution >= 4 is 5.91 Å². The summed E-state index contributed by atoms with van der Waals surface area (Å²) in [5.41, 5.74) is -1.18. The Balaban J connectivity index is 1.58. The van der Waals surface area contributed by atoms with Gasteiger partial charge in [-0.3, -0.25) is 9.59 Å². The molecular formula is C16H14F3N3O3. The minimum atomic E-state index is -4.45. The van der Waals surface area contributed by atoms with Gasteiger partial charge in [-0.1, -0.05) is 0 Å². The van der Waals surface area contributed by atoms with Gasteiger partial charge in [0.2, 0.25) is 5.88 Å². The number of pyridine rings is 2. The molecule has 1 aliphatic heterocycles. The van der Waals surface area contributed by atoms with E-state index in [1.54, 1.807) is 19.3 Å². The van der Waals surface area contributed by atoms with Crippen molar-refractivity contribution in [2.45, 2.75) is 12.3 Å². The quantitative estimate of drug-likeness (QED) is 0.843. The average molecular weight is 353 g/mol. The number of halogens is 3. The molecule has 6 nitrogen and oxygen atoms in total. The highest BCUT2D eigenvalue weighted by atomic mass is 19.4. The number of ether oxygens (including phenoxy) is 1. The molecule has 3 heterocycles. The van der Waals surface area contributed by atoms with Gasteiger partial charge in [0.1, 0.15) is 11.7 Å². The van der Waals surface area contributed by atoms with Gasteiger partial charge >= 0.3 is 6.18 Å². The summed E-state index contributed by atoms with van der Waals surface area (Å²) in [7, 11) is 1.55. The Morgan fingerprint density at radius 2 is 2.00 bits per heavy atom. The number of hydrogen-bond donors (Lipinski definition) is 0. The van der Waals surface area contributed by atoms with Crippen molar-refractivity contribution < 1.29 is 22.7 Å². The molecule has 1 amide bonds. The first-order valence-corrected chi connectivity index (χ1v) is 7.40. The summed E-state index contributed by atoms with van der Waals surface area (Å²) in [4.78, 5) is 29.2. The van der Waals surface area contributed by atoms with Crippen molar-refractivity contribution in [1.29, 1.82) is 0 Å². The number of amides is 1. The van der Waals surface area contributed by atoms with Gasteiger partial charge in [-0.05, 0) is 18.2 Å². The summed E-state index contributed by atoms with van der Waals surface area (Å²) in [6.45, 7) is 0.471. The molecule has 0 unspecified atom stereocenters. The number of hydrogen-bond acceptors (Lipinski definition) is 4. The molecule has 2 aromatic heterocycles. The van der Waals surface area contributed by atoms with Crippen LogP contribution in [0.4, 0.5) is 13.2 Å². The number of likely N-dealkylation sites (tertiary alicyclic amines) is 1. The highest BCUT2D eigenvalue weighted by Crippen LogP contribution is 2.29. The van der Waals surface area contributed by atoms with Gasteiger partial charge in [0.15, 0.2) is 0 Å². The van der Waals surface area contributed by atoms with Crippen molar-refractivity contribution in [3.63, 3.8) is 0 Å². The molecule has 0 spiro atoms. The molecule has 0 saturated carbocycles. The molecule has 0 aliphatic carbocycles. The van der Waals surface area contributed by atoms with Crippen LogP contribution in [-0.2, 0) is 13.2 Å². The summed E-state index contributed by atoms with van der Waals surface area (Å²) in [6, 6.07) is 5.09. The third kappa shape index (κ3) is 3.49. The number of nitrogens with zero attached hydrogens (tertiary/aromatic N) is 3. The van der Waals surface area contributed by atoms with E-state index in [-0.39, 0.29) is 36.2 Å². The molecule has 0 aromatic carbocycles. The SMILES string of the molecule is Cn1cccc(C(=O)N2CC(Oc3ccc(C(F)(F)F)cn3)C2)c1=O. The lowest BCUT2D eigenvalue weighted by Gasteiger charge is -2.38. The summed E-state index contributed by atoms with van der Waals surface area (Å²) in [5, 5.41) is 0. The van der Waals surface area contributed by atoms with Crippen LogP contribution in [0, 0.1) is 0 Å². The van der Waals surface area contributed by atoms with Crippen LogP contribution in [0.3, 0.4) is 0 Å². The van der Waals surface area contributed by atoms with Gasteiger partial charge in [-0.25, -0.2) is 4.98 Å². The van der Waals surface area contributed by atoms with Crippen molar-refractivity contribution in [2.24, 2.45) is 7.05 Å². The van der Waals surface area contributed by atoms with E-state index >= 15 is 0 Å². The molecule has 0 bridgehead atoms. The maximum absolute atomic E-state index is 12.5. The van der Waals surface area contributed by atoms with Crippen molar-refractivity contribution in [2.75, 3.05) is 13.1 Å². The molecule has 3 rings (SSSR count). The van der Waals surface area contributed by atoms with Crippen LogP contribution in [0.5, 0.6) is 5.88 Å². The van der Waals surface area contributed by atoms with E-state index in [1.807, 2.05) is 0 Å². The van der Waals surface area contributed by atoms with Crippen molar-refractivity contribution in [3.8, 4) is 5.88 Å². The fraction of sp³-hybridized carbons (Fsp3) is 0.312. The van der Waals surface area contributed by atoms with E-state index in [1.165, 1.54) is 15.5 Å². The van der Waals surface area contributed by atoms with Gasteiger partial charge in [0.05, 0.1) is 18.7 Å². The zero-order chi connectivity index (χ0) is 18.2. The predicted molar refractivity (Wildman–Crippen MR) is 81.2 cm³/mol. The maximum atomic E-state index is 12.5. The zero-order valence-electron chi connectivity index (χ0n) is 13.2. The van der Waals surface area contributed by atoms with E-state index in [2.05, 4.69) is 4.98 Å². The number of carbonyl (C=O) groups is 1. The summed E-state index contributed by atoms with van der Waals surface area (Å²) >= 11 is 0. The van der Waals surface area contributed by atoms with Crippen molar-refractivity contribution in [1.82, 2.24) is 14.5 Å². The van der Waals surface area contributed by atoms with Gasteiger partial charge in [-0.15, -0.1) is 0 Å². The van der Waals surface area contributed by atoms with E-state index in [0.717, 1.165) is 12.1 Å². The highest BCUT2D eigenvalue weighted by Gasteiger charge is 2.35. The number of carbonyl (C=O) groups excluding carboxylic acids is 1. The monoisotopic (exact) mass is 353 g/mol. The van der Waals surface area contributed by atoms with Crippen LogP contribution < -0.4 is 10.3 Å². The fourth-order valence-electron chi connectivity index (χ4n) is 2.40. The largest absolute Gasteiger partial charge is 0.471 e. The van der Waals surface area contributed by atoms with E-state index in [4.69, 9.17) is 4.74 Å². The third-order valence-electron chi connectivity index (χ3n) is 3.84. The van der Waals surface area contributed by atoms with Crippen LogP contribution in [0.1, 0.15) is 15.9 Å². The van der Waals surface area contributed by atoms with Crippen LogP contribution in [0.25, 0.3) is 0 Å². The Morgan fingerprint density at radius 3 is 2.60 bits per heavy atom. The van der Waals surface area contributed by atoms with E-state index in [9.17, 15) is 22.8 Å². The van der Waals surface area contributed by atoms with Gasteiger partial charge < -0.3 is 14.2 Å². The van der Waals surface area contributed by atoms with Crippen LogP contribution in [-0.4, -0.2) is 39.6 Å². The summed E-state index contributed by atoms with van der Waals surface area (Å²) < 4.78 is 44.2. The summed E-state index contributed by atoms with van der Waals surface area (Å²) in [5.74, 6) is -0.345. The molecule has 2 aromatic rings. The normalized spacial score (nSPS) is 15.0. The second-order valence-corrected chi connectivity index (χ2v) is 5.67. The Bertz CT molecular complexity index is 840. The van der Waals surface area contributed by atoms with Crippen molar-refractivity contribution in [3.05, 3.63) is 58.1 Å². The van der Waals surface area contributed by atoms with Crippen LogP contribution in [0.15, 0.2) is 41.5 Å². The highest BCUT2D eigenvalue weighted by molar-refractivity contribution is 5.94. The smallest absolute Gasteiger partial charge is 0.417 e. The molecule has 1 aliphatic rings. The zero-order valence-corrected chi connectivity index (χ0v) is 13.2. The van der Waals surface area contributed by atoms with E-state index in [0.29, 0.717) is 6.20 Å². The first-order valence-electron chi connectivity index (χ1n) is 7.40. The Labute approximate surface area is 140 Å². The Hall–Kier alpha value is -2.84. The second-order valence-electron chi connectivity index (χ2n) is 5.67. The molecule has 1 saturated heterocycles. The lowest BCUT2D eigenvalue weighted by Crippen LogP contribution is -2.57. The summed E-state index contributed by atoms with van der Waals surface area (Å²) in [6.07, 6.45) is -2.57. The fourth-order valence-corrected chi connectivity index (χ4v) is 2.40. The molecular weight excluding hydrogens is 339 g/mol. The third-order valence-corrected chi connectivity index (χ3v) is 3.84. The molecule has 25 heavy (non-hydrogen) atoms. The number of aromatic nitrogens is 2. The van der Waals surface area contributed by atoms with Gasteiger partial charge in [0.25, 0.3) is 11.5 Å². The topological polar surface area (TPSA) is 64.4 Å². The second kappa shape index (κ2) is 6.23. The number of alkyl halides is 3. The standard InChI is InChI=1S/C16H14F3N3O3/c1-21-6-2-3-12(14(21)23)15(24)22-8-11(9-22)25-13-5-4-10(7-20-13)16(17,18)19/h2-7,11H,8-9H2,1H3. The number of rotatable bonds is 3. The molecule has 9 heteroatoms. The molecule has 132 valence electrons. The molecule has 0 N–H and O–H groups in total. The first-order chi connectivity index (χ1) is 11.8. The molecule has 0 atom stereocenters. The number of aryl methyl sites for hydroxylation is 1. The Morgan fingerprint density at radius 1 is 1.28 bits per heavy atom. The minimum Gasteiger partial charge on any atom is -0.471 e. The van der Waals surface area contributed by atoms with Gasteiger partial charge in [-0.2, -0.15) is 13.2 Å². The molecule has 1 fully saturated rings. The lowest BCUT2D eigenvalue weighted by molar-refractivity contribution is -0.137. The van der Waals surface area contributed by atoms with Gasteiger partial charge in [0, 0.05) is 25.5 Å². The van der Waals surface area contributed by atoms with Crippen LogP contribution >= 0.6 is 0 Å². The van der Waals surface area contributed by atoms with Crippen LogP contribution in [0.2, 0.25) is 0 Å². The lowest BCUT2D eigenvalue weighted by atomic mass is 10.1. The predicted octanol–water partition coefficient (Wildman–Crippen LogP) is 1.70. The first kappa shape index (κ1) is 17.0. The average Bonchev–Trinajstić information content (AvgIpc) is 2.52. The minimum absolute atomic E-state index is 0.0562.